The van der Waals surface area contributed by atoms with E-state index >= 15 is 0 Å². The minimum Gasteiger partial charge on any atom is -0.293 e. The fourth-order valence-electron chi connectivity index (χ4n) is 2.44. The Morgan fingerprint density at radius 2 is 1.53 bits per heavy atom. The van der Waals surface area contributed by atoms with Crippen LogP contribution in [-0.4, -0.2) is 11.6 Å². The van der Waals surface area contributed by atoms with Gasteiger partial charge >= 0.3 is 0 Å². The quantitative estimate of drug-likeness (QED) is 0.571. The van der Waals surface area contributed by atoms with Gasteiger partial charge in [0.1, 0.15) is 0 Å². The Labute approximate surface area is 102 Å². The highest BCUT2D eigenvalue weighted by Crippen LogP contribution is 2.29. The van der Waals surface area contributed by atoms with Gasteiger partial charge in [-0.25, -0.2) is 0 Å². The second kappa shape index (κ2) is 5.26. The predicted molar refractivity (Wildman–Crippen MR) is 67.4 cm³/mol. The molecule has 1 aliphatic carbocycles. The van der Waals surface area contributed by atoms with Gasteiger partial charge in [0.2, 0.25) is 0 Å². The molecule has 2 nitrogen and oxygen atoms in total. The highest BCUT2D eigenvalue weighted by Gasteiger charge is 2.37. The van der Waals surface area contributed by atoms with Crippen LogP contribution < -0.4 is 0 Å². The van der Waals surface area contributed by atoms with Gasteiger partial charge in [-0.2, -0.15) is 0 Å². The molecule has 0 unspecified atom stereocenters. The summed E-state index contributed by atoms with van der Waals surface area (Å²) in [6, 6.07) is 7.18. The highest BCUT2D eigenvalue weighted by atomic mass is 16.2. The van der Waals surface area contributed by atoms with Gasteiger partial charge in [0, 0.05) is 11.1 Å². The molecule has 0 aliphatic heterocycles. The van der Waals surface area contributed by atoms with E-state index < -0.39 is 5.92 Å². The van der Waals surface area contributed by atoms with Crippen molar-refractivity contribution in [3.05, 3.63) is 35.4 Å². The van der Waals surface area contributed by atoms with E-state index in [4.69, 9.17) is 0 Å². The fraction of sp³-hybridized carbons (Fsp3) is 0.467. The molecule has 0 spiro atoms. The van der Waals surface area contributed by atoms with Gasteiger partial charge in [-0.1, -0.05) is 56.9 Å². The van der Waals surface area contributed by atoms with Gasteiger partial charge in [-0.15, -0.1) is 0 Å². The normalized spacial score (nSPS) is 15.4. The highest BCUT2D eigenvalue weighted by molar-refractivity contribution is 6.26. The third-order valence-corrected chi connectivity index (χ3v) is 3.44. The van der Waals surface area contributed by atoms with E-state index in [0.29, 0.717) is 17.5 Å². The van der Waals surface area contributed by atoms with Crippen LogP contribution in [0.25, 0.3) is 0 Å². The molecular formula is C15H18O2. The molecule has 0 fully saturated rings. The number of Topliss-reactive ketones (excluding diaryl/α,β-unsaturated/α-hetero) is 2. The maximum atomic E-state index is 12.1. The molecule has 1 aromatic rings. The van der Waals surface area contributed by atoms with Crippen LogP contribution in [0.15, 0.2) is 24.3 Å². The van der Waals surface area contributed by atoms with Gasteiger partial charge < -0.3 is 0 Å². The first-order chi connectivity index (χ1) is 8.25. The first kappa shape index (κ1) is 12.0. The minimum atomic E-state index is -0.399. The van der Waals surface area contributed by atoms with Gasteiger partial charge in [0.15, 0.2) is 11.6 Å². The van der Waals surface area contributed by atoms with Crippen LogP contribution in [0.3, 0.4) is 0 Å². The number of hydrogen-bond donors (Lipinski definition) is 0. The van der Waals surface area contributed by atoms with Crippen LogP contribution in [0.2, 0.25) is 0 Å². The molecule has 2 rings (SSSR count). The largest absolute Gasteiger partial charge is 0.293 e. The Bertz CT molecular complexity index is 399. The molecule has 0 saturated carbocycles. The van der Waals surface area contributed by atoms with Crippen molar-refractivity contribution in [2.75, 3.05) is 0 Å². The van der Waals surface area contributed by atoms with Crippen LogP contribution in [-0.2, 0) is 0 Å². The van der Waals surface area contributed by atoms with Crippen LogP contribution in [0, 0.1) is 5.92 Å². The second-order valence-corrected chi connectivity index (χ2v) is 4.68. The predicted octanol–water partition coefficient (Wildman–Crippen LogP) is 3.65. The lowest BCUT2D eigenvalue weighted by atomic mass is 9.96. The first-order valence-corrected chi connectivity index (χ1v) is 6.43. The van der Waals surface area contributed by atoms with E-state index in [1.54, 1.807) is 12.1 Å². The number of hydrogen-bond acceptors (Lipinski definition) is 2. The number of ketones is 2. The number of rotatable bonds is 5. The molecule has 0 atom stereocenters. The Morgan fingerprint density at radius 1 is 0.941 bits per heavy atom. The van der Waals surface area contributed by atoms with Crippen molar-refractivity contribution < 1.29 is 9.59 Å². The van der Waals surface area contributed by atoms with Gasteiger partial charge in [0.05, 0.1) is 5.92 Å². The third kappa shape index (κ3) is 2.31. The number of benzene rings is 1. The summed E-state index contributed by atoms with van der Waals surface area (Å²) in [6.07, 6.45) is 5.16. The van der Waals surface area contributed by atoms with Crippen molar-refractivity contribution in [2.45, 2.75) is 39.0 Å². The maximum absolute atomic E-state index is 12.1. The number of unbranched alkanes of at least 4 members (excludes halogenated alkanes) is 3. The molecule has 0 saturated heterocycles. The third-order valence-electron chi connectivity index (χ3n) is 3.44. The van der Waals surface area contributed by atoms with E-state index in [1.165, 1.54) is 12.8 Å². The molecule has 0 heterocycles. The minimum absolute atomic E-state index is 0.0297. The summed E-state index contributed by atoms with van der Waals surface area (Å²) in [5.74, 6) is -0.339. The molecule has 1 aromatic carbocycles. The molecule has 0 N–H and O–H groups in total. The summed E-state index contributed by atoms with van der Waals surface area (Å²) >= 11 is 0. The van der Waals surface area contributed by atoms with Gasteiger partial charge in [-0.05, 0) is 6.42 Å². The average Bonchev–Trinajstić information content (AvgIpc) is 2.60. The summed E-state index contributed by atoms with van der Waals surface area (Å²) in [5, 5.41) is 0. The molecule has 90 valence electrons. The first-order valence-electron chi connectivity index (χ1n) is 6.43. The molecule has 2 heteroatoms. The Morgan fingerprint density at radius 3 is 2.06 bits per heavy atom. The summed E-state index contributed by atoms with van der Waals surface area (Å²) in [6.45, 7) is 2.15. The van der Waals surface area contributed by atoms with E-state index in [9.17, 15) is 9.59 Å². The van der Waals surface area contributed by atoms with E-state index in [-0.39, 0.29) is 11.6 Å². The van der Waals surface area contributed by atoms with Gasteiger partial charge in [-0.3, -0.25) is 9.59 Å². The van der Waals surface area contributed by atoms with Crippen LogP contribution in [0.5, 0.6) is 0 Å². The standard InChI is InChI=1S/C15H18O2/c1-2-3-4-5-10-13-14(16)11-8-6-7-9-12(11)15(13)17/h6-9,13H,2-5,10H2,1H3. The topological polar surface area (TPSA) is 34.1 Å². The van der Waals surface area contributed by atoms with Gasteiger partial charge in [0.25, 0.3) is 0 Å². The lowest BCUT2D eigenvalue weighted by molar-refractivity contribution is 0.0829. The summed E-state index contributed by atoms with van der Waals surface area (Å²) in [7, 11) is 0. The average molecular weight is 230 g/mol. The molecule has 17 heavy (non-hydrogen) atoms. The number of carbonyl (C=O) groups excluding carboxylic acids is 2. The van der Waals surface area contributed by atoms with E-state index in [0.717, 1.165) is 12.8 Å². The number of carbonyl (C=O) groups is 2. The van der Waals surface area contributed by atoms with E-state index in [2.05, 4.69) is 6.92 Å². The van der Waals surface area contributed by atoms with Crippen LogP contribution in [0.1, 0.15) is 59.7 Å². The van der Waals surface area contributed by atoms with Crippen molar-refractivity contribution >= 4 is 11.6 Å². The lowest BCUT2D eigenvalue weighted by Crippen LogP contribution is -2.14. The lowest BCUT2D eigenvalue weighted by Gasteiger charge is -2.05. The summed E-state index contributed by atoms with van der Waals surface area (Å²) in [4.78, 5) is 24.1. The SMILES string of the molecule is CCCCCCC1C(=O)c2ccccc2C1=O. The second-order valence-electron chi connectivity index (χ2n) is 4.68. The zero-order valence-corrected chi connectivity index (χ0v) is 10.2. The fourth-order valence-corrected chi connectivity index (χ4v) is 2.44. The molecule has 1 aliphatic rings. The number of fused-ring (bicyclic) bond motifs is 1. The Balaban J connectivity index is 2.03. The molecular weight excluding hydrogens is 212 g/mol. The smallest absolute Gasteiger partial charge is 0.174 e. The monoisotopic (exact) mass is 230 g/mol. The van der Waals surface area contributed by atoms with Crippen molar-refractivity contribution in [2.24, 2.45) is 5.92 Å². The summed E-state index contributed by atoms with van der Waals surface area (Å²) < 4.78 is 0. The van der Waals surface area contributed by atoms with Crippen LogP contribution in [0.4, 0.5) is 0 Å². The Kier molecular flexibility index (Phi) is 3.72. The maximum Gasteiger partial charge on any atom is 0.174 e. The zero-order valence-electron chi connectivity index (χ0n) is 10.2. The molecule has 0 aromatic heterocycles. The van der Waals surface area contributed by atoms with Crippen molar-refractivity contribution in [3.8, 4) is 0 Å². The van der Waals surface area contributed by atoms with Crippen LogP contribution >= 0.6 is 0 Å². The molecule has 0 amide bonds. The summed E-state index contributed by atoms with van der Waals surface area (Å²) in [5.41, 5.74) is 1.25. The van der Waals surface area contributed by atoms with E-state index in [1.807, 2.05) is 12.1 Å². The molecule has 0 bridgehead atoms. The van der Waals surface area contributed by atoms with Crippen molar-refractivity contribution in [3.63, 3.8) is 0 Å². The molecule has 0 radical (unpaired) electrons. The zero-order chi connectivity index (χ0) is 12.3. The Hall–Kier alpha value is -1.44. The van der Waals surface area contributed by atoms with Crippen molar-refractivity contribution in [1.82, 2.24) is 0 Å². The van der Waals surface area contributed by atoms with Crippen molar-refractivity contribution in [1.29, 1.82) is 0 Å².